The first-order valence-electron chi connectivity index (χ1n) is 9.50. The second-order valence-corrected chi connectivity index (χ2v) is 6.92. The number of carbonyl (C=O) groups is 1. The van der Waals surface area contributed by atoms with Gasteiger partial charge in [0.15, 0.2) is 5.76 Å². The average Bonchev–Trinajstić information content (AvgIpc) is 3.27. The number of hydrogen-bond donors (Lipinski definition) is 2. The number of para-hydroxylation sites is 1. The Labute approximate surface area is 170 Å². The Bertz CT molecular complexity index is 903. The van der Waals surface area contributed by atoms with Crippen molar-refractivity contribution in [2.75, 3.05) is 18.5 Å². The number of anilines is 1. The minimum atomic E-state index is -0.770. The van der Waals surface area contributed by atoms with Gasteiger partial charge in [-0.3, -0.25) is 4.79 Å². The lowest BCUT2D eigenvalue weighted by Crippen LogP contribution is -2.25. The largest absolute Gasteiger partial charge is 0.491 e. The molecule has 2 aromatic carbocycles. The molecule has 1 aromatic heterocycles. The van der Waals surface area contributed by atoms with E-state index in [4.69, 9.17) is 13.9 Å². The van der Waals surface area contributed by atoms with Crippen molar-refractivity contribution in [1.82, 2.24) is 0 Å². The van der Waals surface area contributed by atoms with Crippen LogP contribution < -0.4 is 14.8 Å². The number of rotatable bonds is 9. The highest BCUT2D eigenvalue weighted by Crippen LogP contribution is 2.26. The van der Waals surface area contributed by atoms with Crippen molar-refractivity contribution in [2.45, 2.75) is 25.9 Å². The minimum Gasteiger partial charge on any atom is -0.491 e. The molecule has 0 bridgehead atoms. The Morgan fingerprint density at radius 2 is 1.72 bits per heavy atom. The maximum Gasteiger partial charge on any atom is 0.291 e. The van der Waals surface area contributed by atoms with Crippen LogP contribution in [0.2, 0.25) is 0 Å². The fourth-order valence-electron chi connectivity index (χ4n) is 2.75. The molecule has 0 aliphatic rings. The van der Waals surface area contributed by atoms with Gasteiger partial charge in [0.2, 0.25) is 0 Å². The van der Waals surface area contributed by atoms with E-state index >= 15 is 0 Å². The van der Waals surface area contributed by atoms with Gasteiger partial charge in [0, 0.05) is 5.69 Å². The van der Waals surface area contributed by atoms with Crippen LogP contribution in [0.15, 0.2) is 71.3 Å². The number of amides is 1. The third kappa shape index (κ3) is 5.86. The number of hydrogen-bond acceptors (Lipinski definition) is 5. The van der Waals surface area contributed by atoms with Crippen molar-refractivity contribution < 1.29 is 23.8 Å². The summed E-state index contributed by atoms with van der Waals surface area (Å²) in [6, 6.07) is 17.9. The smallest absolute Gasteiger partial charge is 0.291 e. The van der Waals surface area contributed by atoms with Crippen molar-refractivity contribution in [1.29, 1.82) is 0 Å². The average molecular weight is 395 g/mol. The lowest BCUT2D eigenvalue weighted by Gasteiger charge is -2.17. The molecular formula is C23H25NO5. The number of carbonyl (C=O) groups excluding carboxylic acids is 1. The molecule has 6 nitrogen and oxygen atoms in total. The van der Waals surface area contributed by atoms with Gasteiger partial charge >= 0.3 is 0 Å². The molecule has 1 amide bonds. The van der Waals surface area contributed by atoms with E-state index in [0.717, 1.165) is 11.3 Å². The number of aliphatic hydroxyl groups is 1. The first-order valence-corrected chi connectivity index (χ1v) is 9.50. The van der Waals surface area contributed by atoms with Crippen molar-refractivity contribution >= 4 is 11.6 Å². The molecule has 6 heteroatoms. The van der Waals surface area contributed by atoms with Crippen molar-refractivity contribution in [3.63, 3.8) is 0 Å². The van der Waals surface area contributed by atoms with E-state index in [1.54, 1.807) is 36.4 Å². The first kappa shape index (κ1) is 20.5. The van der Waals surface area contributed by atoms with Crippen LogP contribution in [-0.2, 0) is 0 Å². The highest BCUT2D eigenvalue weighted by Gasteiger charge is 2.12. The second-order valence-electron chi connectivity index (χ2n) is 6.92. The van der Waals surface area contributed by atoms with Crippen molar-refractivity contribution in [3.8, 4) is 11.5 Å². The second kappa shape index (κ2) is 9.80. The SMILES string of the molecule is CC(C)c1ccccc1OCC(O)COc1ccc(NC(=O)c2ccco2)cc1. The summed E-state index contributed by atoms with van der Waals surface area (Å²) < 4.78 is 16.4. The van der Waals surface area contributed by atoms with Crippen LogP contribution in [0.25, 0.3) is 0 Å². The van der Waals surface area contributed by atoms with Gasteiger partial charge in [-0.05, 0) is 53.9 Å². The maximum absolute atomic E-state index is 11.9. The van der Waals surface area contributed by atoms with E-state index in [-0.39, 0.29) is 24.9 Å². The van der Waals surface area contributed by atoms with Gasteiger partial charge in [-0.25, -0.2) is 0 Å². The number of nitrogens with one attached hydrogen (secondary N) is 1. The van der Waals surface area contributed by atoms with Crippen LogP contribution in [0.1, 0.15) is 35.9 Å². The first-order chi connectivity index (χ1) is 14.0. The summed E-state index contributed by atoms with van der Waals surface area (Å²) in [6.45, 7) is 4.44. The molecule has 1 atom stereocenters. The summed E-state index contributed by atoms with van der Waals surface area (Å²) in [6.07, 6.45) is 0.677. The van der Waals surface area contributed by atoms with Gasteiger partial charge < -0.3 is 24.3 Å². The summed E-state index contributed by atoms with van der Waals surface area (Å²) in [4.78, 5) is 11.9. The molecule has 0 fully saturated rings. The topological polar surface area (TPSA) is 80.9 Å². The Morgan fingerprint density at radius 3 is 2.41 bits per heavy atom. The van der Waals surface area contributed by atoms with Crippen molar-refractivity contribution in [3.05, 3.63) is 78.3 Å². The van der Waals surface area contributed by atoms with Crippen LogP contribution in [0.4, 0.5) is 5.69 Å². The van der Waals surface area contributed by atoms with E-state index in [9.17, 15) is 9.90 Å². The molecule has 0 spiro atoms. The number of aliphatic hydroxyl groups excluding tert-OH is 1. The van der Waals surface area contributed by atoms with E-state index in [1.165, 1.54) is 6.26 Å². The van der Waals surface area contributed by atoms with Crippen LogP contribution in [0.5, 0.6) is 11.5 Å². The Morgan fingerprint density at radius 1 is 1.00 bits per heavy atom. The zero-order valence-corrected chi connectivity index (χ0v) is 16.5. The standard InChI is InChI=1S/C23H25NO5/c1-16(2)20-6-3-4-7-21(20)29-15-18(25)14-28-19-11-9-17(10-12-19)24-23(26)22-8-5-13-27-22/h3-13,16,18,25H,14-15H2,1-2H3,(H,24,26). The summed E-state index contributed by atoms with van der Waals surface area (Å²) in [5.41, 5.74) is 1.72. The molecule has 3 rings (SSSR count). The van der Waals surface area contributed by atoms with Crippen LogP contribution in [0, 0.1) is 0 Å². The predicted molar refractivity (Wildman–Crippen MR) is 111 cm³/mol. The third-order valence-corrected chi connectivity index (χ3v) is 4.27. The third-order valence-electron chi connectivity index (χ3n) is 4.27. The molecule has 0 aliphatic carbocycles. The molecule has 1 unspecified atom stereocenters. The van der Waals surface area contributed by atoms with Gasteiger partial charge in [0.05, 0.1) is 6.26 Å². The molecular weight excluding hydrogens is 370 g/mol. The lowest BCUT2D eigenvalue weighted by atomic mass is 10.0. The van der Waals surface area contributed by atoms with E-state index in [0.29, 0.717) is 17.4 Å². The molecule has 3 aromatic rings. The molecule has 0 saturated heterocycles. The Balaban J connectivity index is 1.45. The Kier molecular flexibility index (Phi) is 6.92. The van der Waals surface area contributed by atoms with Crippen LogP contribution >= 0.6 is 0 Å². The van der Waals surface area contributed by atoms with Gasteiger partial charge in [0.1, 0.15) is 30.8 Å². The van der Waals surface area contributed by atoms with E-state index < -0.39 is 6.10 Å². The summed E-state index contributed by atoms with van der Waals surface area (Å²) in [5, 5.41) is 12.9. The predicted octanol–water partition coefficient (Wildman–Crippen LogP) is 4.47. The number of ether oxygens (including phenoxy) is 2. The molecule has 1 heterocycles. The summed E-state index contributed by atoms with van der Waals surface area (Å²) in [5.74, 6) is 1.62. The quantitative estimate of drug-likeness (QED) is 0.559. The molecule has 29 heavy (non-hydrogen) atoms. The molecule has 152 valence electrons. The molecule has 2 N–H and O–H groups in total. The van der Waals surface area contributed by atoms with E-state index in [2.05, 4.69) is 19.2 Å². The highest BCUT2D eigenvalue weighted by atomic mass is 16.5. The monoisotopic (exact) mass is 395 g/mol. The molecule has 0 saturated carbocycles. The number of benzene rings is 2. The zero-order chi connectivity index (χ0) is 20.6. The zero-order valence-electron chi connectivity index (χ0n) is 16.5. The van der Waals surface area contributed by atoms with Crippen LogP contribution in [-0.4, -0.2) is 30.3 Å². The lowest BCUT2D eigenvalue weighted by molar-refractivity contribution is 0.0622. The summed E-state index contributed by atoms with van der Waals surface area (Å²) in [7, 11) is 0. The highest BCUT2D eigenvalue weighted by molar-refractivity contribution is 6.02. The normalized spacial score (nSPS) is 11.9. The summed E-state index contributed by atoms with van der Waals surface area (Å²) >= 11 is 0. The fourth-order valence-corrected chi connectivity index (χ4v) is 2.75. The minimum absolute atomic E-state index is 0.0992. The van der Waals surface area contributed by atoms with Gasteiger partial charge in [-0.15, -0.1) is 0 Å². The van der Waals surface area contributed by atoms with Crippen LogP contribution in [0.3, 0.4) is 0 Å². The fraction of sp³-hybridized carbons (Fsp3) is 0.261. The van der Waals surface area contributed by atoms with Crippen molar-refractivity contribution in [2.24, 2.45) is 0 Å². The number of furan rings is 1. The molecule has 0 aliphatic heterocycles. The Hall–Kier alpha value is -3.25. The van der Waals surface area contributed by atoms with E-state index in [1.807, 2.05) is 24.3 Å². The van der Waals surface area contributed by atoms with Gasteiger partial charge in [-0.1, -0.05) is 32.0 Å². The maximum atomic E-state index is 11.9. The van der Waals surface area contributed by atoms with Gasteiger partial charge in [-0.2, -0.15) is 0 Å². The van der Waals surface area contributed by atoms with Gasteiger partial charge in [0.25, 0.3) is 5.91 Å². The molecule has 0 radical (unpaired) electrons.